The van der Waals surface area contributed by atoms with Crippen LogP contribution >= 0.6 is 0 Å². The second-order valence-electron chi connectivity index (χ2n) is 8.23. The summed E-state index contributed by atoms with van der Waals surface area (Å²) >= 11 is 0. The fraction of sp³-hybridized carbons (Fsp3) is 0.423. The summed E-state index contributed by atoms with van der Waals surface area (Å²) in [7, 11) is 2.27. The summed E-state index contributed by atoms with van der Waals surface area (Å²) in [6, 6.07) is 21.7. The number of ether oxygens (including phenoxy) is 2. The van der Waals surface area contributed by atoms with Crippen LogP contribution in [0.4, 0.5) is 0 Å². The number of hydrogen-bond acceptors (Lipinski definition) is 3. The molecule has 2 heterocycles. The number of imidazole rings is 1. The first-order valence-electron chi connectivity index (χ1n) is 11.5. The van der Waals surface area contributed by atoms with Crippen molar-refractivity contribution < 1.29 is 9.47 Å². The predicted molar refractivity (Wildman–Crippen MR) is 126 cm³/mol. The summed E-state index contributed by atoms with van der Waals surface area (Å²) in [6.45, 7) is 4.48. The van der Waals surface area contributed by atoms with Crippen LogP contribution in [0.1, 0.15) is 43.2 Å². The van der Waals surface area contributed by atoms with E-state index in [4.69, 9.17) is 9.47 Å². The SMILES string of the molecule is CCC(Cn1ccnc1[B]CCCC(c1ccccc1)c1ccccc1)C1OCCO1. The first-order valence-corrected chi connectivity index (χ1v) is 11.5. The minimum absolute atomic E-state index is 0.0854. The zero-order valence-corrected chi connectivity index (χ0v) is 18.4. The van der Waals surface area contributed by atoms with Gasteiger partial charge in [0.1, 0.15) is 0 Å². The molecule has 1 unspecified atom stereocenters. The average molecular weight is 415 g/mol. The Morgan fingerprint density at radius 3 is 2.26 bits per heavy atom. The molecule has 1 aliphatic rings. The summed E-state index contributed by atoms with van der Waals surface area (Å²) in [5.41, 5.74) is 3.82. The molecule has 1 fully saturated rings. The van der Waals surface area contributed by atoms with E-state index in [9.17, 15) is 0 Å². The third kappa shape index (κ3) is 5.87. The van der Waals surface area contributed by atoms with E-state index in [0.29, 0.717) is 25.0 Å². The van der Waals surface area contributed by atoms with Gasteiger partial charge in [-0.15, -0.1) is 0 Å². The van der Waals surface area contributed by atoms with E-state index in [0.717, 1.165) is 37.9 Å². The molecule has 5 heteroatoms. The fourth-order valence-corrected chi connectivity index (χ4v) is 4.42. The number of rotatable bonds is 11. The van der Waals surface area contributed by atoms with E-state index < -0.39 is 0 Å². The Morgan fingerprint density at radius 2 is 1.65 bits per heavy atom. The lowest BCUT2D eigenvalue weighted by Gasteiger charge is -2.22. The summed E-state index contributed by atoms with van der Waals surface area (Å²) in [5.74, 6) is 0.779. The van der Waals surface area contributed by atoms with E-state index in [-0.39, 0.29) is 6.29 Å². The molecule has 0 aliphatic carbocycles. The maximum Gasteiger partial charge on any atom is 0.201 e. The molecular formula is C26H32BN2O2. The van der Waals surface area contributed by atoms with Crippen LogP contribution in [0, 0.1) is 5.92 Å². The van der Waals surface area contributed by atoms with E-state index in [1.165, 1.54) is 11.1 Å². The van der Waals surface area contributed by atoms with Crippen molar-refractivity contribution in [1.29, 1.82) is 0 Å². The van der Waals surface area contributed by atoms with E-state index in [1.807, 2.05) is 6.20 Å². The average Bonchev–Trinajstić information content (AvgIpc) is 3.51. The van der Waals surface area contributed by atoms with Crippen LogP contribution in [0.2, 0.25) is 6.32 Å². The molecule has 0 amide bonds. The molecule has 161 valence electrons. The van der Waals surface area contributed by atoms with Gasteiger partial charge in [-0.2, -0.15) is 0 Å². The lowest BCUT2D eigenvalue weighted by atomic mass is 9.70. The Labute approximate surface area is 186 Å². The van der Waals surface area contributed by atoms with Crippen LogP contribution < -0.4 is 5.72 Å². The second-order valence-corrected chi connectivity index (χ2v) is 8.23. The van der Waals surface area contributed by atoms with Gasteiger partial charge in [0, 0.05) is 30.8 Å². The molecule has 1 aromatic heterocycles. The molecule has 0 spiro atoms. The van der Waals surface area contributed by atoms with Crippen molar-refractivity contribution in [2.45, 2.75) is 51.3 Å². The van der Waals surface area contributed by atoms with Gasteiger partial charge < -0.3 is 14.0 Å². The zero-order chi connectivity index (χ0) is 21.3. The summed E-state index contributed by atoms with van der Waals surface area (Å²) in [4.78, 5) is 4.59. The third-order valence-corrected chi connectivity index (χ3v) is 6.16. The van der Waals surface area contributed by atoms with Crippen molar-refractivity contribution in [3.05, 3.63) is 84.2 Å². The quantitative estimate of drug-likeness (QED) is 0.338. The second kappa shape index (κ2) is 11.3. The monoisotopic (exact) mass is 415 g/mol. The Morgan fingerprint density at radius 1 is 1.00 bits per heavy atom. The van der Waals surface area contributed by atoms with Gasteiger partial charge in [-0.25, -0.2) is 0 Å². The minimum Gasteiger partial charge on any atom is -0.350 e. The zero-order valence-electron chi connectivity index (χ0n) is 18.4. The molecule has 4 rings (SSSR count). The molecule has 3 aromatic rings. The first-order chi connectivity index (χ1) is 15.3. The molecule has 0 saturated carbocycles. The van der Waals surface area contributed by atoms with Crippen molar-refractivity contribution in [2.75, 3.05) is 13.2 Å². The Bertz CT molecular complexity index is 855. The minimum atomic E-state index is -0.0854. The van der Waals surface area contributed by atoms with Crippen LogP contribution in [0.25, 0.3) is 0 Å². The fourth-order valence-electron chi connectivity index (χ4n) is 4.42. The maximum atomic E-state index is 5.74. The summed E-state index contributed by atoms with van der Waals surface area (Å²) in [6.07, 6.45) is 8.15. The smallest absolute Gasteiger partial charge is 0.201 e. The molecule has 0 N–H and O–H groups in total. The van der Waals surface area contributed by atoms with Crippen molar-refractivity contribution in [1.82, 2.24) is 9.55 Å². The van der Waals surface area contributed by atoms with Crippen LogP contribution in [-0.2, 0) is 16.0 Å². The van der Waals surface area contributed by atoms with Crippen LogP contribution in [-0.4, -0.2) is 36.3 Å². The number of hydrogen-bond donors (Lipinski definition) is 0. The highest BCUT2D eigenvalue weighted by Gasteiger charge is 2.26. The van der Waals surface area contributed by atoms with Gasteiger partial charge in [-0.1, -0.05) is 80.3 Å². The highest BCUT2D eigenvalue weighted by atomic mass is 16.7. The predicted octanol–water partition coefficient (Wildman–Crippen LogP) is 4.64. The van der Waals surface area contributed by atoms with Gasteiger partial charge in [0.2, 0.25) is 7.28 Å². The molecule has 31 heavy (non-hydrogen) atoms. The number of benzene rings is 2. The molecule has 1 atom stereocenters. The Balaban J connectivity index is 1.33. The Kier molecular flexibility index (Phi) is 7.97. The van der Waals surface area contributed by atoms with Gasteiger partial charge in [0.25, 0.3) is 0 Å². The normalized spacial score (nSPS) is 15.4. The van der Waals surface area contributed by atoms with Crippen molar-refractivity contribution >= 4 is 13.0 Å². The topological polar surface area (TPSA) is 36.3 Å². The van der Waals surface area contributed by atoms with Gasteiger partial charge >= 0.3 is 0 Å². The first kappa shape index (κ1) is 21.9. The Hall–Kier alpha value is -2.37. The van der Waals surface area contributed by atoms with Gasteiger partial charge in [0.15, 0.2) is 6.29 Å². The van der Waals surface area contributed by atoms with Crippen molar-refractivity contribution in [3.63, 3.8) is 0 Å². The lowest BCUT2D eigenvalue weighted by Crippen LogP contribution is -2.32. The largest absolute Gasteiger partial charge is 0.350 e. The van der Waals surface area contributed by atoms with Gasteiger partial charge in [0.05, 0.1) is 18.9 Å². The van der Waals surface area contributed by atoms with Crippen LogP contribution in [0.5, 0.6) is 0 Å². The molecule has 1 radical (unpaired) electrons. The van der Waals surface area contributed by atoms with Crippen molar-refractivity contribution in [2.24, 2.45) is 5.92 Å². The molecule has 0 bridgehead atoms. The van der Waals surface area contributed by atoms with E-state index >= 15 is 0 Å². The van der Waals surface area contributed by atoms with E-state index in [2.05, 4.69) is 90.6 Å². The summed E-state index contributed by atoms with van der Waals surface area (Å²) < 4.78 is 13.7. The molecule has 1 aliphatic heterocycles. The third-order valence-electron chi connectivity index (χ3n) is 6.16. The summed E-state index contributed by atoms with van der Waals surface area (Å²) in [5, 5.41) is 0. The van der Waals surface area contributed by atoms with Crippen molar-refractivity contribution in [3.8, 4) is 0 Å². The van der Waals surface area contributed by atoms with Gasteiger partial charge in [-0.3, -0.25) is 4.98 Å². The van der Waals surface area contributed by atoms with Gasteiger partial charge in [-0.05, 0) is 24.0 Å². The molecular weight excluding hydrogens is 383 g/mol. The van der Waals surface area contributed by atoms with Crippen LogP contribution in [0.3, 0.4) is 0 Å². The maximum absolute atomic E-state index is 5.74. The molecule has 2 aromatic carbocycles. The standard InChI is InChI=1S/C26H32BN2O2/c1-2-21(25-30-18-19-31-25)20-29-17-16-28-26(29)27-15-9-14-24(22-10-5-3-6-11-22)23-12-7-4-8-13-23/h3-8,10-13,16-17,21,24-25H,2,9,14-15,18-20H2,1H3. The highest BCUT2D eigenvalue weighted by Crippen LogP contribution is 2.29. The number of aromatic nitrogens is 2. The highest BCUT2D eigenvalue weighted by molar-refractivity contribution is 6.51. The van der Waals surface area contributed by atoms with E-state index in [1.54, 1.807) is 0 Å². The number of nitrogens with zero attached hydrogens (tertiary/aromatic N) is 2. The lowest BCUT2D eigenvalue weighted by molar-refractivity contribution is -0.0882. The molecule has 1 saturated heterocycles. The van der Waals surface area contributed by atoms with Crippen LogP contribution in [0.15, 0.2) is 73.1 Å². The molecule has 4 nitrogen and oxygen atoms in total.